The number of hydrogen-bond donors (Lipinski definition) is 2. The lowest BCUT2D eigenvalue weighted by atomic mass is 9.83. The normalized spacial score (nSPS) is 25.0. The van der Waals surface area contributed by atoms with Crippen LogP contribution in [0, 0.1) is 17.7 Å². The lowest BCUT2D eigenvalue weighted by Gasteiger charge is -2.21. The number of hydrogen-bond acceptors (Lipinski definition) is 2. The summed E-state index contributed by atoms with van der Waals surface area (Å²) < 4.78 is 13.3. The standard InChI is InChI=1S/C14H18FNO2/c1-8-2-3-9(6-8)13(14(17)18)11-7-10(15)4-5-12(11)16/h4-5,7-9,13H,2-3,6,16H2,1H3,(H,17,18). The minimum Gasteiger partial charge on any atom is -0.481 e. The topological polar surface area (TPSA) is 63.3 Å². The van der Waals surface area contributed by atoms with E-state index in [1.807, 2.05) is 0 Å². The molecule has 3 unspecified atom stereocenters. The van der Waals surface area contributed by atoms with E-state index in [0.29, 0.717) is 17.2 Å². The van der Waals surface area contributed by atoms with E-state index in [1.165, 1.54) is 18.2 Å². The van der Waals surface area contributed by atoms with Crippen LogP contribution in [0.15, 0.2) is 18.2 Å². The van der Waals surface area contributed by atoms with Crippen molar-refractivity contribution >= 4 is 11.7 Å². The number of carboxylic acids is 1. The maximum Gasteiger partial charge on any atom is 0.311 e. The van der Waals surface area contributed by atoms with Crippen molar-refractivity contribution < 1.29 is 14.3 Å². The Morgan fingerprint density at radius 1 is 1.50 bits per heavy atom. The predicted octanol–water partition coefficient (Wildman–Crippen LogP) is 3.01. The van der Waals surface area contributed by atoms with Crippen LogP contribution in [0.25, 0.3) is 0 Å². The molecule has 1 aliphatic rings. The van der Waals surface area contributed by atoms with Gasteiger partial charge in [0.1, 0.15) is 5.82 Å². The minimum absolute atomic E-state index is 0.0570. The molecule has 1 fully saturated rings. The first-order valence-electron chi connectivity index (χ1n) is 6.26. The van der Waals surface area contributed by atoms with Gasteiger partial charge in [0.2, 0.25) is 0 Å². The Bertz CT molecular complexity index is 461. The summed E-state index contributed by atoms with van der Waals surface area (Å²) in [5.74, 6) is -1.44. The first kappa shape index (κ1) is 12.9. The van der Waals surface area contributed by atoms with Crippen LogP contribution in [-0.2, 0) is 4.79 Å². The van der Waals surface area contributed by atoms with E-state index in [2.05, 4.69) is 6.92 Å². The van der Waals surface area contributed by atoms with Gasteiger partial charge in [-0.05, 0) is 48.4 Å². The largest absolute Gasteiger partial charge is 0.481 e. The van der Waals surface area contributed by atoms with Gasteiger partial charge in [-0.2, -0.15) is 0 Å². The van der Waals surface area contributed by atoms with E-state index in [4.69, 9.17) is 5.73 Å². The van der Waals surface area contributed by atoms with Crippen molar-refractivity contribution in [3.63, 3.8) is 0 Å². The Labute approximate surface area is 106 Å². The molecule has 18 heavy (non-hydrogen) atoms. The molecular weight excluding hydrogens is 233 g/mol. The third-order valence-electron chi connectivity index (χ3n) is 3.86. The van der Waals surface area contributed by atoms with Gasteiger partial charge in [0.05, 0.1) is 5.92 Å². The molecule has 0 radical (unpaired) electrons. The summed E-state index contributed by atoms with van der Waals surface area (Å²) in [4.78, 5) is 11.5. The van der Waals surface area contributed by atoms with Crippen LogP contribution >= 0.6 is 0 Å². The first-order valence-corrected chi connectivity index (χ1v) is 6.26. The number of nitrogens with two attached hydrogens (primary N) is 1. The lowest BCUT2D eigenvalue weighted by Crippen LogP contribution is -2.21. The van der Waals surface area contributed by atoms with Crippen molar-refractivity contribution in [2.75, 3.05) is 5.73 Å². The fourth-order valence-electron chi connectivity index (χ4n) is 2.96. The number of anilines is 1. The van der Waals surface area contributed by atoms with E-state index in [-0.39, 0.29) is 5.92 Å². The van der Waals surface area contributed by atoms with E-state index in [9.17, 15) is 14.3 Å². The average Bonchev–Trinajstić information content (AvgIpc) is 2.70. The van der Waals surface area contributed by atoms with Gasteiger partial charge in [-0.1, -0.05) is 13.3 Å². The van der Waals surface area contributed by atoms with Gasteiger partial charge in [-0.25, -0.2) is 4.39 Å². The van der Waals surface area contributed by atoms with Crippen LogP contribution in [0.2, 0.25) is 0 Å². The van der Waals surface area contributed by atoms with Crippen LogP contribution in [0.3, 0.4) is 0 Å². The molecule has 0 heterocycles. The molecular formula is C14H18FNO2. The van der Waals surface area contributed by atoms with Gasteiger partial charge < -0.3 is 10.8 Å². The van der Waals surface area contributed by atoms with Gasteiger partial charge in [-0.15, -0.1) is 0 Å². The quantitative estimate of drug-likeness (QED) is 0.812. The Balaban J connectivity index is 2.35. The van der Waals surface area contributed by atoms with Crippen molar-refractivity contribution in [3.05, 3.63) is 29.6 Å². The smallest absolute Gasteiger partial charge is 0.311 e. The monoisotopic (exact) mass is 251 g/mol. The van der Waals surface area contributed by atoms with Crippen molar-refractivity contribution in [2.45, 2.75) is 32.1 Å². The van der Waals surface area contributed by atoms with Crippen LogP contribution in [0.4, 0.5) is 10.1 Å². The molecule has 0 bridgehead atoms. The Hall–Kier alpha value is -1.58. The summed E-state index contributed by atoms with van der Waals surface area (Å²) in [5.41, 5.74) is 6.58. The Morgan fingerprint density at radius 3 is 2.78 bits per heavy atom. The van der Waals surface area contributed by atoms with E-state index < -0.39 is 17.7 Å². The molecule has 98 valence electrons. The highest BCUT2D eigenvalue weighted by molar-refractivity contribution is 5.79. The molecule has 1 aromatic rings. The number of rotatable bonds is 3. The number of nitrogen functional groups attached to an aromatic ring is 1. The van der Waals surface area contributed by atoms with Crippen LogP contribution in [0.5, 0.6) is 0 Å². The van der Waals surface area contributed by atoms with Crippen LogP contribution < -0.4 is 5.73 Å². The van der Waals surface area contributed by atoms with Gasteiger partial charge in [0.25, 0.3) is 0 Å². The molecule has 4 heteroatoms. The molecule has 1 aliphatic carbocycles. The molecule has 3 atom stereocenters. The first-order chi connectivity index (χ1) is 8.49. The number of benzene rings is 1. The molecule has 1 aromatic carbocycles. The van der Waals surface area contributed by atoms with Gasteiger partial charge in [-0.3, -0.25) is 4.79 Å². The molecule has 0 amide bonds. The zero-order chi connectivity index (χ0) is 13.3. The predicted molar refractivity (Wildman–Crippen MR) is 67.7 cm³/mol. The van der Waals surface area contributed by atoms with E-state index >= 15 is 0 Å². The number of carboxylic acid groups (broad SMARTS) is 1. The summed E-state index contributed by atoms with van der Waals surface area (Å²) in [6.45, 7) is 2.12. The fraction of sp³-hybridized carbons (Fsp3) is 0.500. The molecule has 3 nitrogen and oxygen atoms in total. The average molecular weight is 251 g/mol. The van der Waals surface area contributed by atoms with Gasteiger partial charge >= 0.3 is 5.97 Å². The highest BCUT2D eigenvalue weighted by atomic mass is 19.1. The van der Waals surface area contributed by atoms with Crippen molar-refractivity contribution in [1.82, 2.24) is 0 Å². The third-order valence-corrected chi connectivity index (χ3v) is 3.86. The number of halogens is 1. The summed E-state index contributed by atoms with van der Waals surface area (Å²) in [6.07, 6.45) is 2.77. The molecule has 0 aromatic heterocycles. The zero-order valence-corrected chi connectivity index (χ0v) is 10.4. The maximum atomic E-state index is 13.3. The Kier molecular flexibility index (Phi) is 3.55. The van der Waals surface area contributed by atoms with E-state index in [1.54, 1.807) is 0 Å². The van der Waals surface area contributed by atoms with Crippen molar-refractivity contribution in [1.29, 1.82) is 0 Å². The molecule has 0 aliphatic heterocycles. The molecule has 0 spiro atoms. The van der Waals surface area contributed by atoms with Crippen LogP contribution in [0.1, 0.15) is 37.7 Å². The summed E-state index contributed by atoms with van der Waals surface area (Å²) in [7, 11) is 0. The SMILES string of the molecule is CC1CCC(C(C(=O)O)c2cc(F)ccc2N)C1. The Morgan fingerprint density at radius 2 is 2.22 bits per heavy atom. The van der Waals surface area contributed by atoms with Gasteiger partial charge in [0, 0.05) is 5.69 Å². The third kappa shape index (κ3) is 2.47. The van der Waals surface area contributed by atoms with Gasteiger partial charge in [0.15, 0.2) is 0 Å². The number of aliphatic carboxylic acids is 1. The lowest BCUT2D eigenvalue weighted by molar-refractivity contribution is -0.140. The highest BCUT2D eigenvalue weighted by Gasteiger charge is 2.35. The van der Waals surface area contributed by atoms with Crippen molar-refractivity contribution in [2.24, 2.45) is 11.8 Å². The van der Waals surface area contributed by atoms with E-state index in [0.717, 1.165) is 19.3 Å². The van der Waals surface area contributed by atoms with Crippen molar-refractivity contribution in [3.8, 4) is 0 Å². The molecule has 0 saturated heterocycles. The maximum absolute atomic E-state index is 13.3. The second-order valence-electron chi connectivity index (χ2n) is 5.27. The van der Waals surface area contributed by atoms with Crippen LogP contribution in [-0.4, -0.2) is 11.1 Å². The molecule has 3 N–H and O–H groups in total. The fourth-order valence-corrected chi connectivity index (χ4v) is 2.96. The minimum atomic E-state index is -0.911. The highest BCUT2D eigenvalue weighted by Crippen LogP contribution is 2.42. The summed E-state index contributed by atoms with van der Waals surface area (Å²) in [5, 5.41) is 9.41. The number of carbonyl (C=O) groups is 1. The second kappa shape index (κ2) is 4.96. The second-order valence-corrected chi connectivity index (χ2v) is 5.27. The zero-order valence-electron chi connectivity index (χ0n) is 10.4. The molecule has 1 saturated carbocycles. The molecule has 2 rings (SSSR count). The summed E-state index contributed by atoms with van der Waals surface area (Å²) in [6, 6.07) is 3.96. The summed E-state index contributed by atoms with van der Waals surface area (Å²) >= 11 is 0.